The normalized spacial score (nSPS) is 10.2. The summed E-state index contributed by atoms with van der Waals surface area (Å²) in [6.07, 6.45) is 3.11. The van der Waals surface area contributed by atoms with E-state index in [0.29, 0.717) is 28.4 Å². The van der Waals surface area contributed by atoms with Gasteiger partial charge in [0.2, 0.25) is 0 Å². The summed E-state index contributed by atoms with van der Waals surface area (Å²) in [7, 11) is 4.49. The Hall–Kier alpha value is -3.26. The molecule has 5 heteroatoms. The van der Waals surface area contributed by atoms with Crippen LogP contribution in [0.3, 0.4) is 0 Å². The van der Waals surface area contributed by atoms with Crippen molar-refractivity contribution in [2.24, 2.45) is 0 Å². The Labute approximate surface area is 140 Å². The van der Waals surface area contributed by atoms with E-state index in [1.165, 1.54) is 27.4 Å². The molecular formula is C19H17NO4. The van der Waals surface area contributed by atoms with E-state index in [1.807, 2.05) is 6.07 Å². The van der Waals surface area contributed by atoms with Crippen LogP contribution in [0.1, 0.15) is 21.5 Å². The van der Waals surface area contributed by atoms with Crippen LogP contribution in [-0.4, -0.2) is 27.1 Å². The van der Waals surface area contributed by atoms with Crippen molar-refractivity contribution in [1.82, 2.24) is 0 Å². The molecule has 0 N–H and O–H groups in total. The van der Waals surface area contributed by atoms with Crippen molar-refractivity contribution < 1.29 is 19.0 Å². The van der Waals surface area contributed by atoms with Gasteiger partial charge in [-0.25, -0.2) is 0 Å². The summed E-state index contributed by atoms with van der Waals surface area (Å²) in [5, 5.41) is 8.79. The summed E-state index contributed by atoms with van der Waals surface area (Å²) in [6.45, 7) is 0. The average molecular weight is 323 g/mol. The predicted molar refractivity (Wildman–Crippen MR) is 90.6 cm³/mol. The Bertz CT molecular complexity index is 776. The van der Waals surface area contributed by atoms with Crippen LogP contribution in [0.4, 0.5) is 0 Å². The Kier molecular flexibility index (Phi) is 5.58. The van der Waals surface area contributed by atoms with Gasteiger partial charge in [0.15, 0.2) is 5.78 Å². The second-order valence-electron chi connectivity index (χ2n) is 4.84. The van der Waals surface area contributed by atoms with Crippen LogP contribution in [0.2, 0.25) is 0 Å². The van der Waals surface area contributed by atoms with Gasteiger partial charge < -0.3 is 14.2 Å². The fourth-order valence-corrected chi connectivity index (χ4v) is 2.17. The minimum atomic E-state index is -0.254. The number of hydrogen-bond acceptors (Lipinski definition) is 5. The number of rotatable bonds is 6. The molecule has 0 fully saturated rings. The van der Waals surface area contributed by atoms with Crippen LogP contribution < -0.4 is 14.2 Å². The van der Waals surface area contributed by atoms with E-state index in [-0.39, 0.29) is 5.78 Å². The number of nitriles is 1. The monoisotopic (exact) mass is 323 g/mol. The SMILES string of the molecule is COc1cc(OC)c(C(=O)C=Cc2ccc(C#N)cc2)c(OC)c1. The third-order valence-electron chi connectivity index (χ3n) is 3.43. The van der Waals surface area contributed by atoms with E-state index in [2.05, 4.69) is 0 Å². The van der Waals surface area contributed by atoms with Crippen LogP contribution in [0.5, 0.6) is 17.2 Å². The molecule has 0 unspecified atom stereocenters. The van der Waals surface area contributed by atoms with Gasteiger partial charge in [-0.2, -0.15) is 5.26 Å². The number of benzene rings is 2. The van der Waals surface area contributed by atoms with Gasteiger partial charge >= 0.3 is 0 Å². The van der Waals surface area contributed by atoms with Crippen molar-refractivity contribution in [3.63, 3.8) is 0 Å². The maximum absolute atomic E-state index is 12.6. The van der Waals surface area contributed by atoms with Gasteiger partial charge in [-0.05, 0) is 23.8 Å². The lowest BCUT2D eigenvalue weighted by Crippen LogP contribution is -2.03. The maximum Gasteiger partial charge on any atom is 0.193 e. The fourth-order valence-electron chi connectivity index (χ4n) is 2.17. The van der Waals surface area contributed by atoms with E-state index in [9.17, 15) is 4.79 Å². The first-order valence-electron chi connectivity index (χ1n) is 7.15. The fraction of sp³-hybridized carbons (Fsp3) is 0.158. The predicted octanol–water partition coefficient (Wildman–Crippen LogP) is 3.48. The molecule has 122 valence electrons. The highest BCUT2D eigenvalue weighted by Crippen LogP contribution is 2.34. The van der Waals surface area contributed by atoms with E-state index in [0.717, 1.165) is 5.56 Å². The lowest BCUT2D eigenvalue weighted by atomic mass is 10.1. The number of ether oxygens (including phenoxy) is 3. The molecule has 2 aromatic carbocycles. The standard InChI is InChI=1S/C19H17NO4/c1-22-15-10-17(23-2)19(18(11-15)24-3)16(21)9-8-13-4-6-14(12-20)7-5-13/h4-11H,1-3H3. The number of methoxy groups -OCH3 is 3. The Morgan fingerprint density at radius 2 is 1.58 bits per heavy atom. The highest BCUT2D eigenvalue weighted by molar-refractivity contribution is 6.10. The second kappa shape index (κ2) is 7.84. The summed E-state index contributed by atoms with van der Waals surface area (Å²) in [4.78, 5) is 12.6. The first-order chi connectivity index (χ1) is 11.6. The molecule has 0 aromatic heterocycles. The zero-order valence-corrected chi connectivity index (χ0v) is 13.7. The van der Waals surface area contributed by atoms with Crippen molar-refractivity contribution >= 4 is 11.9 Å². The quantitative estimate of drug-likeness (QED) is 0.601. The van der Waals surface area contributed by atoms with Gasteiger partial charge in [-0.3, -0.25) is 4.79 Å². The van der Waals surface area contributed by atoms with Crippen LogP contribution in [0.15, 0.2) is 42.5 Å². The first kappa shape index (κ1) is 17.1. The highest BCUT2D eigenvalue weighted by atomic mass is 16.5. The van der Waals surface area contributed by atoms with Gasteiger partial charge in [-0.15, -0.1) is 0 Å². The van der Waals surface area contributed by atoms with Crippen molar-refractivity contribution in [3.05, 3.63) is 59.2 Å². The molecule has 2 rings (SSSR count). The largest absolute Gasteiger partial charge is 0.496 e. The molecular weight excluding hydrogens is 306 g/mol. The molecule has 0 atom stereocenters. The van der Waals surface area contributed by atoms with Crippen LogP contribution in [-0.2, 0) is 0 Å². The third kappa shape index (κ3) is 3.73. The van der Waals surface area contributed by atoms with Crippen molar-refractivity contribution in [2.75, 3.05) is 21.3 Å². The van der Waals surface area contributed by atoms with Gasteiger partial charge in [-0.1, -0.05) is 18.2 Å². The molecule has 0 amide bonds. The van der Waals surface area contributed by atoms with Gasteiger partial charge in [0.05, 0.1) is 33.0 Å². The van der Waals surface area contributed by atoms with Crippen LogP contribution >= 0.6 is 0 Å². The Morgan fingerprint density at radius 1 is 1.00 bits per heavy atom. The average Bonchev–Trinajstić information content (AvgIpc) is 2.65. The van der Waals surface area contributed by atoms with Gasteiger partial charge in [0.1, 0.15) is 22.8 Å². The summed E-state index contributed by atoms with van der Waals surface area (Å²) in [5.41, 5.74) is 1.71. The lowest BCUT2D eigenvalue weighted by molar-refractivity contribution is 0.104. The van der Waals surface area contributed by atoms with Crippen molar-refractivity contribution in [2.45, 2.75) is 0 Å². The van der Waals surface area contributed by atoms with Crippen LogP contribution in [0.25, 0.3) is 6.08 Å². The third-order valence-corrected chi connectivity index (χ3v) is 3.43. The second-order valence-corrected chi connectivity index (χ2v) is 4.84. The number of carbonyl (C=O) groups is 1. The summed E-state index contributed by atoms with van der Waals surface area (Å²) in [6, 6.07) is 12.2. The summed E-state index contributed by atoms with van der Waals surface area (Å²) in [5.74, 6) is 1.04. The van der Waals surface area contributed by atoms with Crippen molar-refractivity contribution in [1.29, 1.82) is 5.26 Å². The molecule has 0 aliphatic heterocycles. The summed E-state index contributed by atoms with van der Waals surface area (Å²) < 4.78 is 15.7. The topological polar surface area (TPSA) is 68.5 Å². The molecule has 24 heavy (non-hydrogen) atoms. The molecule has 0 spiro atoms. The minimum Gasteiger partial charge on any atom is -0.496 e. The van der Waals surface area contributed by atoms with Gasteiger partial charge in [0.25, 0.3) is 0 Å². The number of ketones is 1. The molecule has 0 saturated carbocycles. The molecule has 0 bridgehead atoms. The molecule has 0 radical (unpaired) electrons. The zero-order valence-electron chi connectivity index (χ0n) is 13.7. The molecule has 5 nitrogen and oxygen atoms in total. The van der Waals surface area contributed by atoms with E-state index in [1.54, 1.807) is 42.5 Å². The number of carbonyl (C=O) groups excluding carboxylic acids is 1. The maximum atomic E-state index is 12.6. The smallest absolute Gasteiger partial charge is 0.193 e. The Balaban J connectivity index is 2.34. The van der Waals surface area contributed by atoms with E-state index < -0.39 is 0 Å². The van der Waals surface area contributed by atoms with Gasteiger partial charge in [0, 0.05) is 12.1 Å². The number of hydrogen-bond donors (Lipinski definition) is 0. The lowest BCUT2D eigenvalue weighted by Gasteiger charge is -2.13. The molecule has 0 saturated heterocycles. The number of allylic oxidation sites excluding steroid dienone is 1. The van der Waals surface area contributed by atoms with Crippen LogP contribution in [0, 0.1) is 11.3 Å². The highest BCUT2D eigenvalue weighted by Gasteiger charge is 2.18. The molecule has 2 aromatic rings. The minimum absolute atomic E-state index is 0.254. The van der Waals surface area contributed by atoms with Crippen molar-refractivity contribution in [3.8, 4) is 23.3 Å². The summed E-state index contributed by atoms with van der Waals surface area (Å²) >= 11 is 0. The van der Waals surface area contributed by atoms with E-state index >= 15 is 0 Å². The molecule has 0 aliphatic carbocycles. The number of nitrogens with zero attached hydrogens (tertiary/aromatic N) is 1. The molecule has 0 aliphatic rings. The first-order valence-corrected chi connectivity index (χ1v) is 7.15. The van der Waals surface area contributed by atoms with E-state index in [4.69, 9.17) is 19.5 Å². The zero-order chi connectivity index (χ0) is 17.5. The Morgan fingerprint density at radius 3 is 2.04 bits per heavy atom. The molecule has 0 heterocycles.